The van der Waals surface area contributed by atoms with E-state index < -0.39 is 0 Å². The molecule has 0 amide bonds. The van der Waals surface area contributed by atoms with Crippen LogP contribution in [0.25, 0.3) is 0 Å². The van der Waals surface area contributed by atoms with Crippen LogP contribution < -0.4 is 0 Å². The highest BCUT2D eigenvalue weighted by Gasteiger charge is 2.01. The van der Waals surface area contributed by atoms with Gasteiger partial charge in [-0.05, 0) is 23.8 Å². The highest BCUT2D eigenvalue weighted by molar-refractivity contribution is 5.28. The number of aliphatic hydroxyl groups is 1. The summed E-state index contributed by atoms with van der Waals surface area (Å²) in [4.78, 5) is 0. The number of benzene rings is 1. The summed E-state index contributed by atoms with van der Waals surface area (Å²) >= 11 is 0. The number of hydrogen-bond acceptors (Lipinski definition) is 3. The number of nitrogens with zero attached hydrogens (tertiary/aromatic N) is 1. The molecule has 3 N–H and O–H groups in total. The minimum Gasteiger partial charge on any atom is -0.508 e. The van der Waals surface area contributed by atoms with Crippen LogP contribution in [0.4, 0.5) is 0 Å². The number of nitrogens with one attached hydrogen (secondary N) is 1. The van der Waals surface area contributed by atoms with E-state index >= 15 is 0 Å². The summed E-state index contributed by atoms with van der Waals surface area (Å²) in [6.45, 7) is -0.0495. The van der Waals surface area contributed by atoms with Gasteiger partial charge >= 0.3 is 0 Å². The number of aliphatic hydroxyl groups excluding tert-OH is 1. The summed E-state index contributed by atoms with van der Waals surface area (Å²) in [5.41, 5.74) is 2.68. The number of phenolic OH excluding ortho intramolecular Hbond substituents is 1. The molecular formula is C11H12N2O2. The van der Waals surface area contributed by atoms with Gasteiger partial charge < -0.3 is 10.2 Å². The third-order valence-electron chi connectivity index (χ3n) is 2.18. The van der Waals surface area contributed by atoms with Crippen LogP contribution >= 0.6 is 0 Å². The van der Waals surface area contributed by atoms with Crippen LogP contribution in [0.15, 0.2) is 30.3 Å². The molecule has 2 aromatic rings. The zero-order valence-corrected chi connectivity index (χ0v) is 8.14. The average Bonchev–Trinajstić information content (AvgIpc) is 2.69. The van der Waals surface area contributed by atoms with Gasteiger partial charge in [0, 0.05) is 12.1 Å². The Morgan fingerprint density at radius 2 is 1.93 bits per heavy atom. The van der Waals surface area contributed by atoms with Crippen molar-refractivity contribution in [1.29, 1.82) is 0 Å². The lowest BCUT2D eigenvalue weighted by molar-refractivity contribution is 0.276. The van der Waals surface area contributed by atoms with E-state index in [9.17, 15) is 0 Å². The van der Waals surface area contributed by atoms with Crippen molar-refractivity contribution in [2.45, 2.75) is 13.0 Å². The van der Waals surface area contributed by atoms with Gasteiger partial charge in [-0.1, -0.05) is 12.1 Å². The van der Waals surface area contributed by atoms with Crippen molar-refractivity contribution in [3.63, 3.8) is 0 Å². The molecule has 78 valence electrons. The highest BCUT2D eigenvalue weighted by atomic mass is 16.3. The normalized spacial score (nSPS) is 10.5. The smallest absolute Gasteiger partial charge is 0.115 e. The van der Waals surface area contributed by atoms with Gasteiger partial charge in [0.15, 0.2) is 0 Å². The van der Waals surface area contributed by atoms with Gasteiger partial charge in [-0.25, -0.2) is 0 Å². The monoisotopic (exact) mass is 204 g/mol. The fourth-order valence-electron chi connectivity index (χ4n) is 1.41. The number of rotatable bonds is 3. The fourth-order valence-corrected chi connectivity index (χ4v) is 1.41. The molecule has 4 nitrogen and oxygen atoms in total. The van der Waals surface area contributed by atoms with Gasteiger partial charge in [0.25, 0.3) is 0 Å². The maximum Gasteiger partial charge on any atom is 0.115 e. The number of phenols is 1. The van der Waals surface area contributed by atoms with E-state index in [1.54, 1.807) is 12.1 Å². The molecule has 0 saturated heterocycles. The predicted molar refractivity (Wildman–Crippen MR) is 55.4 cm³/mol. The lowest BCUT2D eigenvalue weighted by Gasteiger charge is -1.98. The number of hydrogen-bond donors (Lipinski definition) is 3. The Labute approximate surface area is 87.2 Å². The Morgan fingerprint density at radius 1 is 1.20 bits per heavy atom. The van der Waals surface area contributed by atoms with E-state index in [4.69, 9.17) is 10.2 Å². The van der Waals surface area contributed by atoms with Crippen molar-refractivity contribution in [2.24, 2.45) is 0 Å². The maximum atomic E-state index is 9.11. The summed E-state index contributed by atoms with van der Waals surface area (Å²) in [5, 5.41) is 24.7. The molecule has 0 radical (unpaired) electrons. The first-order valence-electron chi connectivity index (χ1n) is 4.70. The van der Waals surface area contributed by atoms with Gasteiger partial charge in [0.05, 0.1) is 12.3 Å². The standard InChI is InChI=1S/C11H12N2O2/c14-7-10-6-9(12-13-10)5-8-1-3-11(15)4-2-8/h1-4,6,14-15H,5,7H2,(H,12,13). The minimum atomic E-state index is -0.0495. The van der Waals surface area contributed by atoms with Crippen molar-refractivity contribution in [3.8, 4) is 5.75 Å². The van der Waals surface area contributed by atoms with Crippen molar-refractivity contribution in [3.05, 3.63) is 47.3 Å². The van der Waals surface area contributed by atoms with E-state index in [0.29, 0.717) is 12.1 Å². The topological polar surface area (TPSA) is 69.1 Å². The van der Waals surface area contributed by atoms with Crippen LogP contribution in [0.1, 0.15) is 17.0 Å². The minimum absolute atomic E-state index is 0.0495. The number of aromatic nitrogens is 2. The molecule has 0 atom stereocenters. The van der Waals surface area contributed by atoms with Crippen molar-refractivity contribution >= 4 is 0 Å². The Balaban J connectivity index is 2.11. The molecule has 15 heavy (non-hydrogen) atoms. The molecule has 1 heterocycles. The molecule has 0 saturated carbocycles. The summed E-state index contributed by atoms with van der Waals surface area (Å²) in [7, 11) is 0. The van der Waals surface area contributed by atoms with Crippen molar-refractivity contribution in [1.82, 2.24) is 10.2 Å². The third kappa shape index (κ3) is 2.35. The lowest BCUT2D eigenvalue weighted by atomic mass is 10.1. The molecule has 4 heteroatoms. The molecule has 1 aromatic carbocycles. The Kier molecular flexibility index (Phi) is 2.69. The van der Waals surface area contributed by atoms with Crippen molar-refractivity contribution < 1.29 is 10.2 Å². The number of aromatic hydroxyl groups is 1. The molecular weight excluding hydrogens is 192 g/mol. The second kappa shape index (κ2) is 4.14. The quantitative estimate of drug-likeness (QED) is 0.703. The lowest BCUT2D eigenvalue weighted by Crippen LogP contribution is -1.87. The molecule has 0 bridgehead atoms. The summed E-state index contributed by atoms with van der Waals surface area (Å²) in [6.07, 6.45) is 0.716. The number of aromatic amines is 1. The summed E-state index contributed by atoms with van der Waals surface area (Å²) in [5.74, 6) is 0.263. The van der Waals surface area contributed by atoms with Crippen LogP contribution in [0, 0.1) is 0 Å². The Bertz CT molecular complexity index is 434. The Morgan fingerprint density at radius 3 is 2.53 bits per heavy atom. The summed E-state index contributed by atoms with van der Waals surface area (Å²) < 4.78 is 0. The first kappa shape index (κ1) is 9.73. The molecule has 2 rings (SSSR count). The van der Waals surface area contributed by atoms with E-state index in [-0.39, 0.29) is 12.4 Å². The zero-order chi connectivity index (χ0) is 10.7. The van der Waals surface area contributed by atoms with E-state index in [1.807, 2.05) is 18.2 Å². The predicted octanol–water partition coefficient (Wildman–Crippen LogP) is 1.20. The third-order valence-corrected chi connectivity index (χ3v) is 2.18. The van der Waals surface area contributed by atoms with Crippen LogP contribution in [0.3, 0.4) is 0 Å². The van der Waals surface area contributed by atoms with Gasteiger partial charge in [0.1, 0.15) is 5.75 Å². The van der Waals surface area contributed by atoms with Gasteiger partial charge in [-0.2, -0.15) is 5.10 Å². The fraction of sp³-hybridized carbons (Fsp3) is 0.182. The second-order valence-electron chi connectivity index (χ2n) is 3.39. The van der Waals surface area contributed by atoms with Gasteiger partial charge in [-0.15, -0.1) is 0 Å². The first-order chi connectivity index (χ1) is 7.28. The molecule has 1 aromatic heterocycles. The second-order valence-corrected chi connectivity index (χ2v) is 3.39. The molecule has 0 fully saturated rings. The largest absolute Gasteiger partial charge is 0.508 e. The molecule has 0 spiro atoms. The molecule has 0 aliphatic heterocycles. The van der Waals surface area contributed by atoms with E-state index in [0.717, 1.165) is 11.3 Å². The zero-order valence-electron chi connectivity index (χ0n) is 8.14. The number of H-pyrrole nitrogens is 1. The van der Waals surface area contributed by atoms with Gasteiger partial charge in [0.2, 0.25) is 0 Å². The first-order valence-corrected chi connectivity index (χ1v) is 4.70. The van der Waals surface area contributed by atoms with Crippen LogP contribution in [0.5, 0.6) is 5.75 Å². The SMILES string of the molecule is OCc1cc(Cc2ccc(O)cc2)[nH]n1. The van der Waals surface area contributed by atoms with Crippen LogP contribution in [-0.4, -0.2) is 20.4 Å². The average molecular weight is 204 g/mol. The van der Waals surface area contributed by atoms with Gasteiger partial charge in [-0.3, -0.25) is 5.10 Å². The van der Waals surface area contributed by atoms with Crippen LogP contribution in [-0.2, 0) is 13.0 Å². The molecule has 0 aliphatic rings. The molecule has 0 aliphatic carbocycles. The van der Waals surface area contributed by atoms with Crippen molar-refractivity contribution in [2.75, 3.05) is 0 Å². The van der Waals surface area contributed by atoms with Crippen LogP contribution in [0.2, 0.25) is 0 Å². The summed E-state index contributed by atoms with van der Waals surface area (Å²) in [6, 6.07) is 8.84. The Hall–Kier alpha value is -1.81. The van der Waals surface area contributed by atoms with E-state index in [2.05, 4.69) is 10.2 Å². The maximum absolute atomic E-state index is 9.11. The highest BCUT2D eigenvalue weighted by Crippen LogP contribution is 2.13. The molecule has 0 unspecified atom stereocenters. The van der Waals surface area contributed by atoms with E-state index in [1.165, 1.54) is 0 Å².